The third-order valence-corrected chi connectivity index (χ3v) is 9.44. The summed E-state index contributed by atoms with van der Waals surface area (Å²) < 4.78 is 11.5. The van der Waals surface area contributed by atoms with Crippen LogP contribution in [0.5, 0.6) is 0 Å². The number of para-hydroxylation sites is 1. The zero-order valence-corrected chi connectivity index (χ0v) is 16.3. The van der Waals surface area contributed by atoms with Crippen molar-refractivity contribution in [3.63, 3.8) is 0 Å². The number of furan rings is 1. The van der Waals surface area contributed by atoms with Crippen LogP contribution in [0.2, 0.25) is 18.1 Å². The van der Waals surface area contributed by atoms with Crippen molar-refractivity contribution >= 4 is 30.3 Å². The number of aromatic amines is 1. The number of hydrogen-bond donors (Lipinski definition) is 1. The van der Waals surface area contributed by atoms with Crippen LogP contribution >= 0.6 is 0 Å². The number of hydrogen-bond acceptors (Lipinski definition) is 3. The van der Waals surface area contributed by atoms with Gasteiger partial charge in [0.05, 0.1) is 12.2 Å². The van der Waals surface area contributed by atoms with Crippen LogP contribution in [-0.4, -0.2) is 19.9 Å². The molecule has 3 rings (SSSR count). The van der Waals surface area contributed by atoms with Crippen LogP contribution in [-0.2, 0) is 4.43 Å². The van der Waals surface area contributed by atoms with Gasteiger partial charge in [-0.3, -0.25) is 4.79 Å². The van der Waals surface area contributed by atoms with Crippen molar-refractivity contribution < 1.29 is 8.84 Å². The van der Waals surface area contributed by atoms with E-state index in [-0.39, 0.29) is 10.5 Å². The Balaban J connectivity index is 1.90. The molecule has 2 aromatic heterocycles. The van der Waals surface area contributed by atoms with Crippen LogP contribution in [0, 0.1) is 11.8 Å². The van der Waals surface area contributed by atoms with E-state index in [9.17, 15) is 4.79 Å². The Kier molecular flexibility index (Phi) is 4.36. The highest BCUT2D eigenvalue weighted by Crippen LogP contribution is 2.36. The van der Waals surface area contributed by atoms with E-state index in [1.54, 1.807) is 6.07 Å². The molecule has 2 heterocycles. The van der Waals surface area contributed by atoms with E-state index in [1.807, 2.05) is 18.2 Å². The lowest BCUT2D eigenvalue weighted by Gasteiger charge is -2.35. The smallest absolute Gasteiger partial charge is 0.232 e. The summed E-state index contributed by atoms with van der Waals surface area (Å²) in [6.07, 6.45) is 1.53. The predicted molar refractivity (Wildman–Crippen MR) is 104 cm³/mol. The molecule has 130 valence electrons. The first-order valence-corrected chi connectivity index (χ1v) is 11.3. The summed E-state index contributed by atoms with van der Waals surface area (Å²) in [7, 11) is -1.81. The van der Waals surface area contributed by atoms with Crippen molar-refractivity contribution in [2.75, 3.05) is 6.61 Å². The maximum Gasteiger partial charge on any atom is 0.232 e. The quantitative estimate of drug-likeness (QED) is 0.539. The molecule has 0 spiro atoms. The van der Waals surface area contributed by atoms with Gasteiger partial charge in [0.2, 0.25) is 5.43 Å². The van der Waals surface area contributed by atoms with Crippen LogP contribution < -0.4 is 5.43 Å². The monoisotopic (exact) mass is 353 g/mol. The van der Waals surface area contributed by atoms with Gasteiger partial charge in [-0.2, -0.15) is 0 Å². The maximum atomic E-state index is 12.5. The first kappa shape index (κ1) is 17.5. The minimum atomic E-state index is -1.81. The minimum Gasteiger partial charge on any atom is -0.457 e. The van der Waals surface area contributed by atoms with E-state index in [4.69, 9.17) is 8.84 Å². The van der Waals surface area contributed by atoms with Crippen molar-refractivity contribution in [2.45, 2.75) is 38.9 Å². The number of rotatable bonds is 2. The van der Waals surface area contributed by atoms with Crippen molar-refractivity contribution in [1.82, 2.24) is 4.98 Å². The van der Waals surface area contributed by atoms with Crippen LogP contribution in [0.25, 0.3) is 22.0 Å². The van der Waals surface area contributed by atoms with E-state index in [0.29, 0.717) is 28.7 Å². The molecule has 0 bridgehead atoms. The lowest BCUT2D eigenvalue weighted by Crippen LogP contribution is -2.40. The Bertz CT molecular complexity index is 1040. The first-order valence-electron chi connectivity index (χ1n) is 8.36. The van der Waals surface area contributed by atoms with E-state index in [0.717, 1.165) is 5.52 Å². The van der Waals surface area contributed by atoms with Gasteiger partial charge in [-0.05, 0) is 30.3 Å². The molecule has 0 aliphatic heterocycles. The van der Waals surface area contributed by atoms with E-state index < -0.39 is 8.32 Å². The number of pyridine rings is 1. The normalized spacial score (nSPS) is 12.4. The van der Waals surface area contributed by atoms with E-state index >= 15 is 0 Å². The number of fused-ring (bicyclic) bond motifs is 2. The third kappa shape index (κ3) is 3.28. The molecule has 0 atom stereocenters. The van der Waals surface area contributed by atoms with Gasteiger partial charge < -0.3 is 13.8 Å². The zero-order valence-electron chi connectivity index (χ0n) is 15.3. The highest BCUT2D eigenvalue weighted by atomic mass is 28.4. The Labute approximate surface area is 148 Å². The standard InChI is InChI=1S/C20H23NO3Si/c1-20(2,3)25(4,5)24-12-8-9-14-13-23-19-17(14)21-16-11-7-6-10-15(16)18(19)22/h6-7,10-11,13H,12H2,1-5H3,(H,21,22). The predicted octanol–water partition coefficient (Wildman–Crippen LogP) is 4.65. The largest absolute Gasteiger partial charge is 0.457 e. The molecule has 0 saturated carbocycles. The number of aromatic nitrogens is 1. The summed E-state index contributed by atoms with van der Waals surface area (Å²) >= 11 is 0. The fraction of sp³-hybridized carbons (Fsp3) is 0.350. The molecular formula is C20H23NO3Si. The molecule has 25 heavy (non-hydrogen) atoms. The second kappa shape index (κ2) is 6.21. The summed E-state index contributed by atoms with van der Waals surface area (Å²) in [6.45, 7) is 11.4. The maximum absolute atomic E-state index is 12.5. The van der Waals surface area contributed by atoms with Crippen LogP contribution in [0.3, 0.4) is 0 Å². The van der Waals surface area contributed by atoms with Gasteiger partial charge >= 0.3 is 0 Å². The molecule has 4 nitrogen and oxygen atoms in total. The summed E-state index contributed by atoms with van der Waals surface area (Å²) in [5, 5.41) is 0.770. The van der Waals surface area contributed by atoms with Gasteiger partial charge in [-0.25, -0.2) is 0 Å². The molecular weight excluding hydrogens is 330 g/mol. The molecule has 0 aliphatic rings. The molecule has 0 radical (unpaired) electrons. The fourth-order valence-corrected chi connectivity index (χ4v) is 3.22. The minimum absolute atomic E-state index is 0.116. The average molecular weight is 353 g/mol. The molecule has 3 aromatic rings. The lowest BCUT2D eigenvalue weighted by molar-refractivity contribution is 0.334. The Hall–Kier alpha value is -2.29. The van der Waals surface area contributed by atoms with Crippen LogP contribution in [0.1, 0.15) is 26.3 Å². The summed E-state index contributed by atoms with van der Waals surface area (Å²) in [4.78, 5) is 15.7. The van der Waals surface area contributed by atoms with Crippen molar-refractivity contribution in [3.05, 3.63) is 46.3 Å². The fourth-order valence-electron chi connectivity index (χ4n) is 2.35. The Morgan fingerprint density at radius 2 is 1.96 bits per heavy atom. The van der Waals surface area contributed by atoms with Crippen LogP contribution in [0.4, 0.5) is 0 Å². The molecule has 0 amide bonds. The Morgan fingerprint density at radius 3 is 2.68 bits per heavy atom. The van der Waals surface area contributed by atoms with Gasteiger partial charge in [0.15, 0.2) is 13.9 Å². The van der Waals surface area contributed by atoms with Crippen molar-refractivity contribution in [2.24, 2.45) is 0 Å². The van der Waals surface area contributed by atoms with E-state index in [1.165, 1.54) is 6.26 Å². The summed E-state index contributed by atoms with van der Waals surface area (Å²) in [5.41, 5.74) is 2.30. The first-order chi connectivity index (χ1) is 11.7. The molecule has 1 N–H and O–H groups in total. The lowest BCUT2D eigenvalue weighted by atomic mass is 10.2. The SMILES string of the molecule is CC(C)(C)[Si](C)(C)OCC#Cc1coc2c(=O)c3ccccc3[nH]c12. The van der Waals surface area contributed by atoms with Gasteiger partial charge in [-0.15, -0.1) is 0 Å². The molecule has 0 aliphatic carbocycles. The molecule has 0 unspecified atom stereocenters. The van der Waals surface area contributed by atoms with E-state index in [2.05, 4.69) is 50.7 Å². The van der Waals surface area contributed by atoms with Gasteiger partial charge in [0, 0.05) is 10.9 Å². The average Bonchev–Trinajstić information content (AvgIpc) is 2.94. The Morgan fingerprint density at radius 1 is 1.24 bits per heavy atom. The summed E-state index contributed by atoms with van der Waals surface area (Å²) in [6, 6.07) is 7.39. The van der Waals surface area contributed by atoms with Gasteiger partial charge in [-0.1, -0.05) is 44.7 Å². The van der Waals surface area contributed by atoms with Crippen molar-refractivity contribution in [3.8, 4) is 11.8 Å². The van der Waals surface area contributed by atoms with Crippen molar-refractivity contribution in [1.29, 1.82) is 0 Å². The third-order valence-electron chi connectivity index (χ3n) is 4.96. The number of H-pyrrole nitrogens is 1. The molecule has 0 saturated heterocycles. The second-order valence-corrected chi connectivity index (χ2v) is 12.5. The number of nitrogens with one attached hydrogen (secondary N) is 1. The molecule has 1 aromatic carbocycles. The zero-order chi connectivity index (χ0) is 18.2. The highest BCUT2D eigenvalue weighted by Gasteiger charge is 2.36. The number of benzene rings is 1. The summed E-state index contributed by atoms with van der Waals surface area (Å²) in [5.74, 6) is 6.12. The molecule has 5 heteroatoms. The molecule has 0 fully saturated rings. The van der Waals surface area contributed by atoms with Crippen LogP contribution in [0.15, 0.2) is 39.7 Å². The second-order valence-electron chi connectivity index (χ2n) is 7.70. The van der Waals surface area contributed by atoms with Gasteiger partial charge in [0.1, 0.15) is 11.8 Å². The topological polar surface area (TPSA) is 55.2 Å². The van der Waals surface area contributed by atoms with Gasteiger partial charge in [0.25, 0.3) is 0 Å². The highest BCUT2D eigenvalue weighted by molar-refractivity contribution is 6.74.